The Hall–Kier alpha value is -2.97. The lowest BCUT2D eigenvalue weighted by Crippen LogP contribution is -2.30. The van der Waals surface area contributed by atoms with Crippen molar-refractivity contribution in [1.82, 2.24) is 15.3 Å². The van der Waals surface area contributed by atoms with Crippen LogP contribution in [0.25, 0.3) is 0 Å². The van der Waals surface area contributed by atoms with Crippen molar-refractivity contribution in [1.29, 1.82) is 0 Å². The van der Waals surface area contributed by atoms with Crippen LogP contribution in [0.15, 0.2) is 53.7 Å². The molecule has 36 heavy (non-hydrogen) atoms. The lowest BCUT2D eigenvalue weighted by molar-refractivity contribution is 0.0954. The van der Waals surface area contributed by atoms with E-state index in [9.17, 15) is 4.79 Å². The molecule has 0 radical (unpaired) electrons. The van der Waals surface area contributed by atoms with E-state index in [1.807, 2.05) is 48.5 Å². The van der Waals surface area contributed by atoms with Crippen LogP contribution in [0.2, 0.25) is 5.15 Å². The number of rotatable bonds is 10. The number of ether oxygens (including phenoxy) is 2. The van der Waals surface area contributed by atoms with Gasteiger partial charge in [-0.2, -0.15) is 0 Å². The van der Waals surface area contributed by atoms with Gasteiger partial charge in [0.2, 0.25) is 0 Å². The predicted octanol–water partition coefficient (Wildman–Crippen LogP) is 5.40. The van der Waals surface area contributed by atoms with Crippen LogP contribution in [-0.2, 0) is 12.2 Å². The van der Waals surface area contributed by atoms with Gasteiger partial charge in [-0.25, -0.2) is 9.97 Å². The van der Waals surface area contributed by atoms with Gasteiger partial charge in [-0.15, -0.1) is 0 Å². The van der Waals surface area contributed by atoms with Crippen LogP contribution in [0.4, 0.5) is 5.82 Å². The summed E-state index contributed by atoms with van der Waals surface area (Å²) in [6.07, 6.45) is 4.30. The van der Waals surface area contributed by atoms with Crippen molar-refractivity contribution >= 4 is 35.1 Å². The number of hydrogen-bond donors (Lipinski definition) is 1. The fourth-order valence-corrected chi connectivity index (χ4v) is 5.17. The van der Waals surface area contributed by atoms with E-state index in [1.165, 1.54) is 31.0 Å². The number of carbonyl (C=O) groups excluding carboxylic acids is 1. The molecule has 1 amide bonds. The van der Waals surface area contributed by atoms with Crippen LogP contribution in [0, 0.1) is 0 Å². The Kier molecular flexibility index (Phi) is 9.30. The Labute approximate surface area is 221 Å². The average Bonchev–Trinajstić information content (AvgIpc) is 2.92. The second-order valence-electron chi connectivity index (χ2n) is 8.56. The van der Waals surface area contributed by atoms with Gasteiger partial charge in [0, 0.05) is 37.0 Å². The first-order valence-corrected chi connectivity index (χ1v) is 13.4. The summed E-state index contributed by atoms with van der Waals surface area (Å²) >= 11 is 7.81. The van der Waals surface area contributed by atoms with Crippen LogP contribution < -0.4 is 19.7 Å². The number of benzene rings is 2. The SMILES string of the molecule is COc1ccc(CCNC(=O)c2cccc(CSc3nc(Cl)cc(N4CCCCC4)n3)c2)cc1OC. The highest BCUT2D eigenvalue weighted by molar-refractivity contribution is 7.98. The van der Waals surface area contributed by atoms with Gasteiger partial charge in [-0.1, -0.05) is 41.6 Å². The zero-order valence-electron chi connectivity index (χ0n) is 20.6. The molecule has 2 heterocycles. The van der Waals surface area contributed by atoms with Gasteiger partial charge in [-0.05, 0) is 61.1 Å². The van der Waals surface area contributed by atoms with E-state index >= 15 is 0 Å². The fraction of sp³-hybridized carbons (Fsp3) is 0.370. The van der Waals surface area contributed by atoms with E-state index in [0.717, 1.165) is 30.0 Å². The number of methoxy groups -OCH3 is 2. The van der Waals surface area contributed by atoms with Crippen LogP contribution in [0.5, 0.6) is 11.5 Å². The van der Waals surface area contributed by atoms with Crippen molar-refractivity contribution in [3.63, 3.8) is 0 Å². The summed E-state index contributed by atoms with van der Waals surface area (Å²) < 4.78 is 10.6. The van der Waals surface area contributed by atoms with Crippen molar-refractivity contribution in [3.8, 4) is 11.5 Å². The largest absolute Gasteiger partial charge is 0.493 e. The van der Waals surface area contributed by atoms with Crippen LogP contribution in [-0.4, -0.2) is 49.7 Å². The summed E-state index contributed by atoms with van der Waals surface area (Å²) in [4.78, 5) is 24.1. The number of aromatic nitrogens is 2. The molecule has 1 aliphatic heterocycles. The summed E-state index contributed by atoms with van der Waals surface area (Å²) in [7, 11) is 3.22. The van der Waals surface area contributed by atoms with Gasteiger partial charge in [0.1, 0.15) is 11.0 Å². The molecule has 0 atom stereocenters. The normalized spacial score (nSPS) is 13.4. The number of nitrogens with zero attached hydrogens (tertiary/aromatic N) is 3. The molecule has 3 aromatic rings. The standard InChI is InChI=1S/C27H31ClN4O3S/c1-34-22-10-9-19(16-23(22)35-2)11-12-29-26(33)21-8-6-7-20(15-21)18-36-27-30-24(28)17-25(31-27)32-13-4-3-5-14-32/h6-10,15-17H,3-5,11-14,18H2,1-2H3,(H,29,33). The molecule has 1 saturated heterocycles. The number of thioether (sulfide) groups is 1. The van der Waals surface area contributed by atoms with Gasteiger partial charge in [0.15, 0.2) is 16.7 Å². The van der Waals surface area contributed by atoms with E-state index in [4.69, 9.17) is 26.1 Å². The summed E-state index contributed by atoms with van der Waals surface area (Å²) in [5.41, 5.74) is 2.71. The van der Waals surface area contributed by atoms with E-state index in [2.05, 4.69) is 15.2 Å². The Morgan fingerprint density at radius 3 is 2.58 bits per heavy atom. The van der Waals surface area contributed by atoms with Crippen molar-refractivity contribution in [3.05, 3.63) is 70.4 Å². The first-order chi connectivity index (χ1) is 17.6. The summed E-state index contributed by atoms with van der Waals surface area (Å²) in [5, 5.41) is 4.10. The van der Waals surface area contributed by atoms with Crippen LogP contribution >= 0.6 is 23.4 Å². The molecule has 1 aromatic heterocycles. The Morgan fingerprint density at radius 1 is 1.00 bits per heavy atom. The number of hydrogen-bond acceptors (Lipinski definition) is 7. The first kappa shape index (κ1) is 26.1. The fourth-order valence-electron chi connectivity index (χ4n) is 4.14. The molecule has 7 nitrogen and oxygen atoms in total. The molecule has 0 unspecified atom stereocenters. The average molecular weight is 527 g/mol. The predicted molar refractivity (Wildman–Crippen MR) is 145 cm³/mol. The topological polar surface area (TPSA) is 76.6 Å². The molecule has 0 bridgehead atoms. The molecule has 0 spiro atoms. The van der Waals surface area contributed by atoms with Crippen molar-refractivity contribution < 1.29 is 14.3 Å². The van der Waals surface area contributed by atoms with E-state index < -0.39 is 0 Å². The molecule has 1 fully saturated rings. The third-order valence-electron chi connectivity index (χ3n) is 6.05. The summed E-state index contributed by atoms with van der Waals surface area (Å²) in [6.45, 7) is 2.52. The highest BCUT2D eigenvalue weighted by Crippen LogP contribution is 2.28. The minimum atomic E-state index is -0.103. The van der Waals surface area contributed by atoms with Crippen LogP contribution in [0.1, 0.15) is 40.7 Å². The minimum Gasteiger partial charge on any atom is -0.493 e. The number of carbonyl (C=O) groups is 1. The number of amides is 1. The van der Waals surface area contributed by atoms with Gasteiger partial charge in [0.25, 0.3) is 5.91 Å². The van der Waals surface area contributed by atoms with E-state index in [1.54, 1.807) is 14.2 Å². The van der Waals surface area contributed by atoms with E-state index in [-0.39, 0.29) is 5.91 Å². The quantitative estimate of drug-likeness (QED) is 0.215. The lowest BCUT2D eigenvalue weighted by atomic mass is 10.1. The highest BCUT2D eigenvalue weighted by Gasteiger charge is 2.15. The first-order valence-electron chi connectivity index (χ1n) is 12.1. The summed E-state index contributed by atoms with van der Waals surface area (Å²) in [5.74, 6) is 2.80. The molecular formula is C27H31ClN4O3S. The monoisotopic (exact) mass is 526 g/mol. The smallest absolute Gasteiger partial charge is 0.251 e. The van der Waals surface area contributed by atoms with Crippen molar-refractivity contribution in [2.24, 2.45) is 0 Å². The number of nitrogens with one attached hydrogen (secondary N) is 1. The molecular weight excluding hydrogens is 496 g/mol. The van der Waals surface area contributed by atoms with Crippen molar-refractivity contribution in [2.45, 2.75) is 36.6 Å². The minimum absolute atomic E-state index is 0.103. The van der Waals surface area contributed by atoms with E-state index in [0.29, 0.717) is 46.1 Å². The maximum atomic E-state index is 12.7. The number of anilines is 1. The Morgan fingerprint density at radius 2 is 1.81 bits per heavy atom. The molecule has 0 aliphatic carbocycles. The zero-order valence-corrected chi connectivity index (χ0v) is 22.2. The van der Waals surface area contributed by atoms with Gasteiger partial charge >= 0.3 is 0 Å². The third-order valence-corrected chi connectivity index (χ3v) is 7.16. The second-order valence-corrected chi connectivity index (χ2v) is 9.89. The molecule has 1 aliphatic rings. The Bertz CT molecular complexity index is 1190. The molecule has 190 valence electrons. The van der Waals surface area contributed by atoms with Gasteiger partial charge in [-0.3, -0.25) is 4.79 Å². The second kappa shape index (κ2) is 12.8. The van der Waals surface area contributed by atoms with Crippen LogP contribution in [0.3, 0.4) is 0 Å². The number of piperidine rings is 1. The number of halogens is 1. The maximum Gasteiger partial charge on any atom is 0.251 e. The highest BCUT2D eigenvalue weighted by atomic mass is 35.5. The van der Waals surface area contributed by atoms with Gasteiger partial charge in [0.05, 0.1) is 14.2 Å². The third kappa shape index (κ3) is 7.04. The molecule has 4 rings (SSSR count). The van der Waals surface area contributed by atoms with Crippen molar-refractivity contribution in [2.75, 3.05) is 38.8 Å². The Balaban J connectivity index is 1.32. The summed E-state index contributed by atoms with van der Waals surface area (Å²) in [6, 6.07) is 15.2. The molecule has 9 heteroatoms. The molecule has 2 aromatic carbocycles. The zero-order chi connectivity index (χ0) is 25.3. The van der Waals surface area contributed by atoms with Gasteiger partial charge < -0.3 is 19.7 Å². The molecule has 1 N–H and O–H groups in total. The molecule has 0 saturated carbocycles. The lowest BCUT2D eigenvalue weighted by Gasteiger charge is -2.27. The maximum absolute atomic E-state index is 12.7.